The van der Waals surface area contributed by atoms with Crippen molar-refractivity contribution in [3.63, 3.8) is 0 Å². The number of hydrogen-bond acceptors (Lipinski definition) is 6. The molecule has 1 N–H and O–H groups in total. The fourth-order valence-corrected chi connectivity index (χ4v) is 6.66. The van der Waals surface area contributed by atoms with Crippen molar-refractivity contribution in [2.24, 2.45) is 16.7 Å². The zero-order chi connectivity index (χ0) is 21.6. The Morgan fingerprint density at radius 1 is 1.10 bits per heavy atom. The third-order valence-corrected chi connectivity index (χ3v) is 8.37. The Labute approximate surface area is 186 Å². The lowest BCUT2D eigenvalue weighted by molar-refractivity contribution is -0.114. The molecule has 1 aromatic rings. The molecule has 2 aliphatic heterocycles. The fourth-order valence-electron chi connectivity index (χ4n) is 6.66. The number of aliphatic hydroxyl groups is 1. The number of nitrogens with zero attached hydrogens (tertiary/aromatic N) is 2. The highest BCUT2D eigenvalue weighted by Gasteiger charge is 2.60. The zero-order valence-electron chi connectivity index (χ0n) is 19.3. The highest BCUT2D eigenvalue weighted by molar-refractivity contribution is 5.44. The van der Waals surface area contributed by atoms with Crippen LogP contribution >= 0.6 is 0 Å². The molecule has 0 unspecified atom stereocenters. The van der Waals surface area contributed by atoms with Crippen LogP contribution in [0.25, 0.3) is 0 Å². The second-order valence-corrected chi connectivity index (χ2v) is 11.0. The molecular formula is C25H38N2O4. The minimum absolute atomic E-state index is 0.229. The van der Waals surface area contributed by atoms with Gasteiger partial charge in [-0.3, -0.25) is 9.80 Å². The molecule has 5 rings (SSSR count). The Morgan fingerprint density at radius 3 is 2.58 bits per heavy atom. The second kappa shape index (κ2) is 8.22. The predicted molar refractivity (Wildman–Crippen MR) is 119 cm³/mol. The molecule has 0 radical (unpaired) electrons. The number of benzene rings is 1. The van der Waals surface area contributed by atoms with Crippen molar-refractivity contribution in [3.8, 4) is 11.5 Å². The van der Waals surface area contributed by atoms with Crippen LogP contribution in [0.1, 0.15) is 45.6 Å². The number of piperazine rings is 1. The van der Waals surface area contributed by atoms with Crippen LogP contribution < -0.4 is 9.47 Å². The van der Waals surface area contributed by atoms with Crippen LogP contribution in [-0.4, -0.2) is 73.2 Å². The average molecular weight is 431 g/mol. The maximum Gasteiger partial charge on any atom is 0.231 e. The van der Waals surface area contributed by atoms with E-state index in [1.807, 2.05) is 6.07 Å². The first-order chi connectivity index (χ1) is 14.8. The summed E-state index contributed by atoms with van der Waals surface area (Å²) in [5.41, 5.74) is 1.79. The maximum absolute atomic E-state index is 10.7. The van der Waals surface area contributed by atoms with Crippen LogP contribution in [0.3, 0.4) is 0 Å². The van der Waals surface area contributed by atoms with Crippen LogP contribution in [-0.2, 0) is 11.3 Å². The highest BCUT2D eigenvalue weighted by Crippen LogP contribution is 2.63. The van der Waals surface area contributed by atoms with Crippen LogP contribution in [0, 0.1) is 16.7 Å². The molecule has 1 saturated heterocycles. The summed E-state index contributed by atoms with van der Waals surface area (Å²) in [7, 11) is 0. The molecular weight excluding hydrogens is 392 g/mol. The van der Waals surface area contributed by atoms with Gasteiger partial charge in [-0.15, -0.1) is 0 Å². The van der Waals surface area contributed by atoms with Gasteiger partial charge in [-0.25, -0.2) is 0 Å². The van der Waals surface area contributed by atoms with Crippen molar-refractivity contribution in [2.45, 2.75) is 58.8 Å². The van der Waals surface area contributed by atoms with Gasteiger partial charge in [0.2, 0.25) is 6.79 Å². The van der Waals surface area contributed by atoms with Crippen molar-refractivity contribution in [3.05, 3.63) is 23.8 Å². The zero-order valence-corrected chi connectivity index (χ0v) is 19.3. The second-order valence-electron chi connectivity index (χ2n) is 11.0. The predicted octanol–water partition coefficient (Wildman–Crippen LogP) is 3.13. The largest absolute Gasteiger partial charge is 0.454 e. The molecule has 2 saturated carbocycles. The number of β-amino-alcohol motifs (C(OH)–C–C–N with tert-alkyl or cyclic N) is 1. The third kappa shape index (κ3) is 4.20. The summed E-state index contributed by atoms with van der Waals surface area (Å²) in [6, 6.07) is 6.22. The Kier molecular flexibility index (Phi) is 5.70. The Bertz CT molecular complexity index is 787. The first-order valence-electron chi connectivity index (χ1n) is 12.0. The molecule has 2 bridgehead atoms. The van der Waals surface area contributed by atoms with Gasteiger partial charge in [-0.05, 0) is 53.7 Å². The van der Waals surface area contributed by atoms with Crippen molar-refractivity contribution in [1.82, 2.24) is 9.80 Å². The molecule has 31 heavy (non-hydrogen) atoms. The highest BCUT2D eigenvalue weighted by atomic mass is 16.7. The first kappa shape index (κ1) is 21.5. The monoisotopic (exact) mass is 430 g/mol. The van der Waals surface area contributed by atoms with Gasteiger partial charge >= 0.3 is 0 Å². The lowest BCUT2D eigenvalue weighted by Gasteiger charge is -2.43. The summed E-state index contributed by atoms with van der Waals surface area (Å²) < 4.78 is 17.3. The minimum atomic E-state index is -0.418. The summed E-state index contributed by atoms with van der Waals surface area (Å²) >= 11 is 0. The van der Waals surface area contributed by atoms with E-state index < -0.39 is 6.10 Å². The summed E-state index contributed by atoms with van der Waals surface area (Å²) in [6.07, 6.45) is 3.74. The standard InChI is InChI=1S/C25H38N2O4/c1-24(2)19-6-7-25(3,13-19)23(24)29-16-20(28)15-27-10-8-26(9-11-27)14-18-4-5-21-22(12-18)31-17-30-21/h4-5,12,19-20,23,28H,6-11,13-17H2,1-3H3/t19-,20+,23+,25+/m0/s1. The molecule has 6 nitrogen and oxygen atoms in total. The fraction of sp³-hybridized carbons (Fsp3) is 0.760. The summed E-state index contributed by atoms with van der Waals surface area (Å²) in [5.74, 6) is 2.47. The van der Waals surface area contributed by atoms with Gasteiger partial charge in [-0.2, -0.15) is 0 Å². The molecule has 6 heteroatoms. The molecule has 2 aliphatic carbocycles. The van der Waals surface area contributed by atoms with Crippen molar-refractivity contribution in [2.75, 3.05) is 46.1 Å². The molecule has 3 fully saturated rings. The van der Waals surface area contributed by atoms with Crippen LogP contribution in [0.5, 0.6) is 11.5 Å². The SMILES string of the molecule is CC1(C)[C@H]2CC[C@](C)(C2)[C@@H]1OC[C@H](O)CN1CCN(Cc2ccc3c(c2)OCO3)CC1. The van der Waals surface area contributed by atoms with E-state index >= 15 is 0 Å². The quantitative estimate of drug-likeness (QED) is 0.717. The number of aliphatic hydroxyl groups excluding tert-OH is 1. The van der Waals surface area contributed by atoms with Crippen LogP contribution in [0.2, 0.25) is 0 Å². The molecule has 1 aromatic carbocycles. The molecule has 4 atom stereocenters. The van der Waals surface area contributed by atoms with Gasteiger partial charge in [0.15, 0.2) is 11.5 Å². The van der Waals surface area contributed by atoms with Gasteiger partial charge in [0, 0.05) is 39.3 Å². The molecule has 172 valence electrons. The number of rotatable bonds is 7. The lowest BCUT2D eigenvalue weighted by atomic mass is 9.70. The van der Waals surface area contributed by atoms with Crippen LogP contribution in [0.15, 0.2) is 18.2 Å². The topological polar surface area (TPSA) is 54.4 Å². The van der Waals surface area contributed by atoms with Crippen LogP contribution in [0.4, 0.5) is 0 Å². The first-order valence-corrected chi connectivity index (χ1v) is 12.0. The van der Waals surface area contributed by atoms with Gasteiger partial charge in [0.1, 0.15) is 0 Å². The Morgan fingerprint density at radius 2 is 1.84 bits per heavy atom. The molecule has 2 heterocycles. The normalized spacial score (nSPS) is 33.2. The van der Waals surface area contributed by atoms with E-state index in [2.05, 4.69) is 42.7 Å². The third-order valence-electron chi connectivity index (χ3n) is 8.37. The molecule has 0 aromatic heterocycles. The number of fused-ring (bicyclic) bond motifs is 3. The van der Waals surface area contributed by atoms with Gasteiger partial charge in [-0.1, -0.05) is 26.8 Å². The molecule has 4 aliphatic rings. The van der Waals surface area contributed by atoms with Gasteiger partial charge in [0.05, 0.1) is 18.8 Å². The summed E-state index contributed by atoms with van der Waals surface area (Å²) in [4.78, 5) is 4.84. The number of ether oxygens (including phenoxy) is 3. The van der Waals surface area contributed by atoms with Crippen molar-refractivity contribution >= 4 is 0 Å². The van der Waals surface area contributed by atoms with E-state index in [0.717, 1.165) is 50.1 Å². The lowest BCUT2D eigenvalue weighted by Crippen LogP contribution is -2.49. The average Bonchev–Trinajstić information content (AvgIpc) is 3.40. The maximum atomic E-state index is 10.7. The van der Waals surface area contributed by atoms with Gasteiger partial charge < -0.3 is 19.3 Å². The van der Waals surface area contributed by atoms with E-state index in [1.165, 1.54) is 24.8 Å². The Hall–Kier alpha value is -1.34. The van der Waals surface area contributed by atoms with E-state index in [4.69, 9.17) is 14.2 Å². The molecule has 0 amide bonds. The van der Waals surface area contributed by atoms with E-state index in [0.29, 0.717) is 25.4 Å². The van der Waals surface area contributed by atoms with Crippen molar-refractivity contribution in [1.29, 1.82) is 0 Å². The molecule has 0 spiro atoms. The van der Waals surface area contributed by atoms with E-state index in [9.17, 15) is 5.11 Å². The van der Waals surface area contributed by atoms with Crippen molar-refractivity contribution < 1.29 is 19.3 Å². The smallest absolute Gasteiger partial charge is 0.231 e. The van der Waals surface area contributed by atoms with E-state index in [-0.39, 0.29) is 11.5 Å². The summed E-state index contributed by atoms with van der Waals surface area (Å²) in [6.45, 7) is 13.5. The number of hydrogen-bond donors (Lipinski definition) is 1. The Balaban J connectivity index is 1.05. The minimum Gasteiger partial charge on any atom is -0.454 e. The summed E-state index contributed by atoms with van der Waals surface area (Å²) in [5, 5.41) is 10.7. The van der Waals surface area contributed by atoms with Gasteiger partial charge in [0.25, 0.3) is 0 Å². The van der Waals surface area contributed by atoms with E-state index in [1.54, 1.807) is 0 Å².